The number of carbonyl (C=O) groups excluding carboxylic acids is 2. The van der Waals surface area contributed by atoms with Gasteiger partial charge in [0.1, 0.15) is 11.5 Å². The van der Waals surface area contributed by atoms with Crippen LogP contribution in [0.3, 0.4) is 0 Å². The van der Waals surface area contributed by atoms with Crippen molar-refractivity contribution in [3.63, 3.8) is 0 Å². The van der Waals surface area contributed by atoms with Gasteiger partial charge in [0.25, 0.3) is 0 Å². The van der Waals surface area contributed by atoms with E-state index in [1.54, 1.807) is 88.4 Å². The van der Waals surface area contributed by atoms with E-state index in [0.717, 1.165) is 0 Å². The third-order valence-corrected chi connectivity index (χ3v) is 4.72. The minimum atomic E-state index is -1.41. The number of hydrogen-bond acceptors (Lipinski definition) is 6. The minimum Gasteiger partial charge on any atom is -0.425 e. The van der Waals surface area contributed by atoms with E-state index in [1.165, 1.54) is 5.06 Å². The first-order valence-corrected chi connectivity index (χ1v) is 10.3. The fraction of sp³-hybridized carbons (Fsp3) is 0.231. The maximum Gasteiger partial charge on any atom is 0.345 e. The highest BCUT2D eigenvalue weighted by atomic mass is 16.7. The van der Waals surface area contributed by atoms with Crippen molar-refractivity contribution in [2.75, 3.05) is 5.06 Å². The van der Waals surface area contributed by atoms with Crippen LogP contribution in [0, 0.1) is 0 Å². The first-order valence-electron chi connectivity index (χ1n) is 10.3. The fourth-order valence-electron chi connectivity index (χ4n) is 2.84. The Labute approximate surface area is 188 Å². The molecule has 3 aromatic carbocycles. The van der Waals surface area contributed by atoms with Gasteiger partial charge in [-0.2, -0.15) is 0 Å². The lowest BCUT2D eigenvalue weighted by atomic mass is 10.0. The Morgan fingerprint density at radius 1 is 0.625 bits per heavy atom. The maximum atomic E-state index is 13.1. The van der Waals surface area contributed by atoms with E-state index in [4.69, 9.17) is 14.3 Å². The molecule has 0 saturated carbocycles. The highest BCUT2D eigenvalue weighted by Crippen LogP contribution is 2.30. The van der Waals surface area contributed by atoms with Gasteiger partial charge < -0.3 is 9.47 Å². The van der Waals surface area contributed by atoms with Gasteiger partial charge in [-0.1, -0.05) is 54.6 Å². The number of rotatable bonds is 8. The van der Waals surface area contributed by atoms with Gasteiger partial charge in [-0.25, -0.2) is 14.7 Å². The molecule has 0 atom stereocenters. The van der Waals surface area contributed by atoms with Crippen LogP contribution in [0.2, 0.25) is 0 Å². The molecule has 0 unspecified atom stereocenters. The van der Waals surface area contributed by atoms with Gasteiger partial charge in [0, 0.05) is 0 Å². The second-order valence-electron chi connectivity index (χ2n) is 8.20. The summed E-state index contributed by atoms with van der Waals surface area (Å²) in [6, 6.07) is 26.6. The van der Waals surface area contributed by atoms with Gasteiger partial charge in [0.2, 0.25) is 0 Å². The number of hydroxylamine groups is 1. The SMILES string of the molecule is CC(C)(ON(c1ccccc1)C(C)(C)C(=O)Oc1ccccc1)C(=O)Oc1ccccc1. The molecule has 0 bridgehead atoms. The molecule has 0 fully saturated rings. The maximum absolute atomic E-state index is 13.1. The molecule has 0 aliphatic heterocycles. The van der Waals surface area contributed by atoms with Gasteiger partial charge in [0.05, 0.1) is 5.69 Å². The van der Waals surface area contributed by atoms with Crippen LogP contribution in [0.4, 0.5) is 5.69 Å². The summed E-state index contributed by atoms with van der Waals surface area (Å²) < 4.78 is 11.1. The monoisotopic (exact) mass is 433 g/mol. The molecule has 0 radical (unpaired) electrons. The molecule has 0 heterocycles. The Morgan fingerprint density at radius 3 is 1.50 bits per heavy atom. The molecule has 0 amide bonds. The second-order valence-corrected chi connectivity index (χ2v) is 8.20. The number of hydrogen-bond donors (Lipinski definition) is 0. The number of para-hydroxylation sites is 3. The van der Waals surface area contributed by atoms with Crippen LogP contribution in [-0.2, 0) is 14.4 Å². The summed E-state index contributed by atoms with van der Waals surface area (Å²) in [4.78, 5) is 32.2. The molecule has 0 N–H and O–H groups in total. The summed E-state index contributed by atoms with van der Waals surface area (Å²) in [6.07, 6.45) is 0. The first-order chi connectivity index (χ1) is 15.2. The standard InChI is InChI=1S/C26H27NO5/c1-25(2,23(28)30-21-16-10-6-11-17-21)27(20-14-8-5-9-15-20)32-26(3,4)24(29)31-22-18-12-7-13-19-22/h5-19H,1-4H3. The molecule has 32 heavy (non-hydrogen) atoms. The van der Waals surface area contributed by atoms with Crippen molar-refractivity contribution in [2.24, 2.45) is 0 Å². The van der Waals surface area contributed by atoms with E-state index in [-0.39, 0.29) is 0 Å². The van der Waals surface area contributed by atoms with E-state index >= 15 is 0 Å². The van der Waals surface area contributed by atoms with Crippen LogP contribution in [0.15, 0.2) is 91.0 Å². The zero-order valence-electron chi connectivity index (χ0n) is 18.6. The fourth-order valence-corrected chi connectivity index (χ4v) is 2.84. The molecule has 0 saturated heterocycles. The number of ether oxygens (including phenoxy) is 2. The lowest BCUT2D eigenvalue weighted by Crippen LogP contribution is -2.57. The molecule has 166 valence electrons. The Kier molecular flexibility index (Phi) is 6.95. The van der Waals surface area contributed by atoms with Crippen molar-refractivity contribution in [1.82, 2.24) is 0 Å². The van der Waals surface area contributed by atoms with Crippen molar-refractivity contribution >= 4 is 17.6 Å². The molecule has 0 aliphatic carbocycles. The molecule has 0 spiro atoms. The van der Waals surface area contributed by atoms with Crippen LogP contribution in [-0.4, -0.2) is 23.1 Å². The minimum absolute atomic E-state index is 0.406. The number of nitrogens with zero attached hydrogens (tertiary/aromatic N) is 1. The highest BCUT2D eigenvalue weighted by molar-refractivity contribution is 5.86. The zero-order chi connectivity index (χ0) is 23.2. The van der Waals surface area contributed by atoms with Crippen molar-refractivity contribution in [2.45, 2.75) is 38.8 Å². The lowest BCUT2D eigenvalue weighted by molar-refractivity contribution is -0.167. The Morgan fingerprint density at radius 2 is 1.03 bits per heavy atom. The first kappa shape index (κ1) is 23.0. The van der Waals surface area contributed by atoms with Crippen molar-refractivity contribution in [3.05, 3.63) is 91.0 Å². The summed E-state index contributed by atoms with van der Waals surface area (Å²) in [5.74, 6) is -0.318. The quantitative estimate of drug-likeness (QED) is 0.277. The van der Waals surface area contributed by atoms with Gasteiger partial charge in [-0.3, -0.25) is 4.84 Å². The van der Waals surface area contributed by atoms with Crippen molar-refractivity contribution in [1.29, 1.82) is 0 Å². The van der Waals surface area contributed by atoms with Gasteiger partial charge in [-0.15, -0.1) is 0 Å². The predicted molar refractivity (Wildman–Crippen MR) is 122 cm³/mol. The largest absolute Gasteiger partial charge is 0.425 e. The summed E-state index contributed by atoms with van der Waals surface area (Å²) in [7, 11) is 0. The number of carbonyl (C=O) groups is 2. The smallest absolute Gasteiger partial charge is 0.345 e. The normalized spacial score (nSPS) is 11.5. The summed E-state index contributed by atoms with van der Waals surface area (Å²) >= 11 is 0. The third-order valence-electron chi connectivity index (χ3n) is 4.72. The van der Waals surface area contributed by atoms with Gasteiger partial charge in [-0.05, 0) is 64.1 Å². The number of anilines is 1. The Hall–Kier alpha value is -3.64. The van der Waals surface area contributed by atoms with Gasteiger partial charge in [0.15, 0.2) is 11.1 Å². The van der Waals surface area contributed by atoms with E-state index in [2.05, 4.69) is 0 Å². The molecule has 6 heteroatoms. The van der Waals surface area contributed by atoms with Crippen LogP contribution in [0.5, 0.6) is 11.5 Å². The summed E-state index contributed by atoms with van der Waals surface area (Å²) in [6.45, 7) is 6.52. The van der Waals surface area contributed by atoms with E-state index in [1.807, 2.05) is 30.3 Å². The molecular formula is C26H27NO5. The predicted octanol–water partition coefficient (Wildman–Crippen LogP) is 5.19. The van der Waals surface area contributed by atoms with Crippen molar-refractivity contribution in [3.8, 4) is 11.5 Å². The average Bonchev–Trinajstić information content (AvgIpc) is 2.79. The summed E-state index contributed by atoms with van der Waals surface area (Å²) in [5, 5.41) is 1.39. The molecule has 0 aliphatic rings. The average molecular weight is 434 g/mol. The van der Waals surface area contributed by atoms with Crippen LogP contribution >= 0.6 is 0 Å². The molecule has 3 aromatic rings. The van der Waals surface area contributed by atoms with Crippen LogP contribution in [0.1, 0.15) is 27.7 Å². The van der Waals surface area contributed by atoms with Crippen molar-refractivity contribution < 1.29 is 23.9 Å². The Bertz CT molecular complexity index is 1030. The summed E-state index contributed by atoms with van der Waals surface area (Å²) in [5.41, 5.74) is -2.10. The van der Waals surface area contributed by atoms with Crippen LogP contribution in [0.25, 0.3) is 0 Å². The van der Waals surface area contributed by atoms with E-state index in [9.17, 15) is 9.59 Å². The highest BCUT2D eigenvalue weighted by Gasteiger charge is 2.44. The lowest BCUT2D eigenvalue weighted by Gasteiger charge is -2.40. The van der Waals surface area contributed by atoms with E-state index < -0.39 is 23.1 Å². The Balaban J connectivity index is 1.86. The van der Waals surface area contributed by atoms with Gasteiger partial charge >= 0.3 is 11.9 Å². The van der Waals surface area contributed by atoms with E-state index in [0.29, 0.717) is 17.2 Å². The van der Waals surface area contributed by atoms with Crippen LogP contribution < -0.4 is 14.5 Å². The molecular weight excluding hydrogens is 406 g/mol. The molecule has 3 rings (SSSR count). The number of benzene rings is 3. The number of esters is 2. The zero-order valence-corrected chi connectivity index (χ0v) is 18.6. The topological polar surface area (TPSA) is 65.1 Å². The third kappa shape index (κ3) is 5.53. The molecule has 0 aromatic heterocycles. The second kappa shape index (κ2) is 9.66. The molecule has 6 nitrogen and oxygen atoms in total.